The van der Waals surface area contributed by atoms with Gasteiger partial charge in [-0.2, -0.15) is 0 Å². The predicted molar refractivity (Wildman–Crippen MR) is 89.6 cm³/mol. The maximum Gasteiger partial charge on any atom is 0.0403 e. The molecule has 0 atom stereocenters. The summed E-state index contributed by atoms with van der Waals surface area (Å²) < 4.78 is 0. The van der Waals surface area contributed by atoms with Gasteiger partial charge in [0.25, 0.3) is 0 Å². The van der Waals surface area contributed by atoms with Gasteiger partial charge in [0.15, 0.2) is 0 Å². The lowest BCUT2D eigenvalue weighted by Crippen LogP contribution is -2.13. The molecule has 0 amide bonds. The van der Waals surface area contributed by atoms with Crippen molar-refractivity contribution in [3.8, 4) is 0 Å². The molecule has 0 radical (unpaired) electrons. The summed E-state index contributed by atoms with van der Waals surface area (Å²) in [7, 11) is 4.22. The Kier molecular flexibility index (Phi) is 4.26. The fourth-order valence-electron chi connectivity index (χ4n) is 2.85. The molecule has 2 aromatic rings. The van der Waals surface area contributed by atoms with Crippen molar-refractivity contribution in [2.45, 2.75) is 31.8 Å². The van der Waals surface area contributed by atoms with Gasteiger partial charge in [-0.05, 0) is 55.6 Å². The van der Waals surface area contributed by atoms with E-state index in [9.17, 15) is 0 Å². The summed E-state index contributed by atoms with van der Waals surface area (Å²) in [5, 5.41) is 3.63. The van der Waals surface area contributed by atoms with Gasteiger partial charge in [0, 0.05) is 18.8 Å². The topological polar surface area (TPSA) is 15.3 Å². The second-order valence-electron chi connectivity index (χ2n) is 6.22. The van der Waals surface area contributed by atoms with Gasteiger partial charge in [0.05, 0.1) is 0 Å². The fraction of sp³-hybridized carbons (Fsp3) is 0.368. The molecule has 110 valence electrons. The first-order valence-electron chi connectivity index (χ1n) is 7.78. The summed E-state index contributed by atoms with van der Waals surface area (Å²) >= 11 is 0. The molecule has 0 spiro atoms. The largest absolute Gasteiger partial charge is 0.381 e. The van der Waals surface area contributed by atoms with Crippen LogP contribution < -0.4 is 5.32 Å². The second kappa shape index (κ2) is 6.31. The lowest BCUT2D eigenvalue weighted by atomic mass is 10.0. The van der Waals surface area contributed by atoms with Crippen molar-refractivity contribution in [1.29, 1.82) is 0 Å². The minimum Gasteiger partial charge on any atom is -0.381 e. The van der Waals surface area contributed by atoms with Gasteiger partial charge in [-0.1, -0.05) is 42.5 Å². The monoisotopic (exact) mass is 280 g/mol. The van der Waals surface area contributed by atoms with Crippen molar-refractivity contribution >= 4 is 5.69 Å². The molecule has 1 fully saturated rings. The molecule has 0 aliphatic heterocycles. The highest BCUT2D eigenvalue weighted by molar-refractivity contribution is 5.52. The molecule has 2 aromatic carbocycles. The van der Waals surface area contributed by atoms with E-state index in [1.54, 1.807) is 0 Å². The van der Waals surface area contributed by atoms with Crippen molar-refractivity contribution in [2.24, 2.45) is 0 Å². The molecule has 2 heteroatoms. The number of anilines is 1. The molecule has 0 heterocycles. The smallest absolute Gasteiger partial charge is 0.0403 e. The number of rotatable bonds is 6. The molecule has 0 saturated heterocycles. The Bertz CT molecular complexity index is 600. The summed E-state index contributed by atoms with van der Waals surface area (Å²) in [5.74, 6) is 0.806. The zero-order valence-electron chi connectivity index (χ0n) is 13.0. The van der Waals surface area contributed by atoms with E-state index in [1.165, 1.54) is 35.2 Å². The zero-order valence-corrected chi connectivity index (χ0v) is 13.0. The molecule has 0 bridgehead atoms. The van der Waals surface area contributed by atoms with Crippen LogP contribution in [-0.4, -0.2) is 19.0 Å². The Morgan fingerprint density at radius 2 is 1.62 bits per heavy atom. The van der Waals surface area contributed by atoms with Crippen LogP contribution in [0.4, 0.5) is 5.69 Å². The van der Waals surface area contributed by atoms with Crippen molar-refractivity contribution in [1.82, 2.24) is 4.90 Å². The number of nitrogens with one attached hydrogen (secondary N) is 1. The summed E-state index contributed by atoms with van der Waals surface area (Å²) in [6, 6.07) is 17.5. The van der Waals surface area contributed by atoms with Crippen molar-refractivity contribution in [3.63, 3.8) is 0 Å². The Morgan fingerprint density at radius 1 is 0.952 bits per heavy atom. The Morgan fingerprint density at radius 3 is 2.33 bits per heavy atom. The van der Waals surface area contributed by atoms with E-state index in [1.807, 2.05) is 0 Å². The molecule has 0 aromatic heterocycles. The summed E-state index contributed by atoms with van der Waals surface area (Å²) in [6.07, 6.45) is 2.71. The number of nitrogens with zero attached hydrogens (tertiary/aromatic N) is 1. The predicted octanol–water partition coefficient (Wildman–Crippen LogP) is 4.24. The van der Waals surface area contributed by atoms with E-state index in [0.717, 1.165) is 19.0 Å². The highest BCUT2D eigenvalue weighted by atomic mass is 15.1. The van der Waals surface area contributed by atoms with Crippen LogP contribution >= 0.6 is 0 Å². The van der Waals surface area contributed by atoms with Gasteiger partial charge in [-0.3, -0.25) is 0 Å². The van der Waals surface area contributed by atoms with Crippen LogP contribution in [0.15, 0.2) is 48.5 Å². The van der Waals surface area contributed by atoms with E-state index in [0.29, 0.717) is 0 Å². The molecule has 3 rings (SSSR count). The molecule has 1 N–H and O–H groups in total. The van der Waals surface area contributed by atoms with Gasteiger partial charge in [0.2, 0.25) is 0 Å². The summed E-state index contributed by atoms with van der Waals surface area (Å²) in [6.45, 7) is 1.88. The SMILES string of the molecule is CN(C)Cc1ccccc1NCc1ccccc1C1CC1. The molecule has 1 saturated carbocycles. The second-order valence-corrected chi connectivity index (χ2v) is 6.22. The number of hydrogen-bond acceptors (Lipinski definition) is 2. The van der Waals surface area contributed by atoms with E-state index in [-0.39, 0.29) is 0 Å². The number of benzene rings is 2. The lowest BCUT2D eigenvalue weighted by molar-refractivity contribution is 0.403. The Balaban J connectivity index is 1.73. The molecule has 0 unspecified atom stereocenters. The molecular weight excluding hydrogens is 256 g/mol. The minimum atomic E-state index is 0.806. The maximum atomic E-state index is 3.63. The zero-order chi connectivity index (χ0) is 14.7. The van der Waals surface area contributed by atoms with Gasteiger partial charge in [0.1, 0.15) is 0 Å². The van der Waals surface area contributed by atoms with Crippen molar-refractivity contribution in [2.75, 3.05) is 19.4 Å². The average molecular weight is 280 g/mol. The van der Waals surface area contributed by atoms with Crippen LogP contribution in [0.2, 0.25) is 0 Å². The van der Waals surface area contributed by atoms with E-state index in [2.05, 4.69) is 72.8 Å². The first-order chi connectivity index (χ1) is 10.2. The average Bonchev–Trinajstić information content (AvgIpc) is 3.31. The lowest BCUT2D eigenvalue weighted by Gasteiger charge is -2.16. The quantitative estimate of drug-likeness (QED) is 0.851. The third-order valence-corrected chi connectivity index (χ3v) is 4.05. The number of para-hydroxylation sites is 1. The number of hydrogen-bond donors (Lipinski definition) is 1. The first kappa shape index (κ1) is 14.2. The van der Waals surface area contributed by atoms with E-state index >= 15 is 0 Å². The van der Waals surface area contributed by atoms with Gasteiger partial charge in [-0.25, -0.2) is 0 Å². The Labute approximate surface area is 127 Å². The highest BCUT2D eigenvalue weighted by Crippen LogP contribution is 2.41. The molecular formula is C19H24N2. The Hall–Kier alpha value is -1.80. The van der Waals surface area contributed by atoms with Crippen molar-refractivity contribution in [3.05, 3.63) is 65.2 Å². The fourth-order valence-corrected chi connectivity index (χ4v) is 2.85. The van der Waals surface area contributed by atoms with Gasteiger partial charge < -0.3 is 10.2 Å². The molecule has 2 nitrogen and oxygen atoms in total. The van der Waals surface area contributed by atoms with Crippen LogP contribution in [0.3, 0.4) is 0 Å². The van der Waals surface area contributed by atoms with Crippen LogP contribution in [-0.2, 0) is 13.1 Å². The maximum absolute atomic E-state index is 3.63. The first-order valence-corrected chi connectivity index (χ1v) is 7.78. The molecule has 1 aliphatic carbocycles. The van der Waals surface area contributed by atoms with E-state index in [4.69, 9.17) is 0 Å². The minimum absolute atomic E-state index is 0.806. The summed E-state index contributed by atoms with van der Waals surface area (Å²) in [5.41, 5.74) is 5.58. The summed E-state index contributed by atoms with van der Waals surface area (Å²) in [4.78, 5) is 2.21. The van der Waals surface area contributed by atoms with Gasteiger partial charge >= 0.3 is 0 Å². The van der Waals surface area contributed by atoms with E-state index < -0.39 is 0 Å². The van der Waals surface area contributed by atoms with Crippen LogP contribution in [0.25, 0.3) is 0 Å². The third kappa shape index (κ3) is 3.64. The molecule has 21 heavy (non-hydrogen) atoms. The van der Waals surface area contributed by atoms with Crippen LogP contribution in [0, 0.1) is 0 Å². The van der Waals surface area contributed by atoms with Crippen LogP contribution in [0.1, 0.15) is 35.4 Å². The third-order valence-electron chi connectivity index (χ3n) is 4.05. The normalized spacial score (nSPS) is 14.4. The standard InChI is InChI=1S/C19H24N2/c1-21(2)14-17-8-4-6-10-19(17)20-13-16-7-3-5-9-18(16)15-11-12-15/h3-10,15,20H,11-14H2,1-2H3. The molecule has 1 aliphatic rings. The van der Waals surface area contributed by atoms with Crippen LogP contribution in [0.5, 0.6) is 0 Å². The van der Waals surface area contributed by atoms with Gasteiger partial charge in [-0.15, -0.1) is 0 Å². The highest BCUT2D eigenvalue weighted by Gasteiger charge is 2.25. The van der Waals surface area contributed by atoms with Crippen molar-refractivity contribution < 1.29 is 0 Å².